The Balaban J connectivity index is 2.63. The molecular formula is C15H25NO2. The lowest BCUT2D eigenvalue weighted by atomic mass is 10.1. The highest BCUT2D eigenvalue weighted by atomic mass is 16.5. The molecule has 0 aliphatic heterocycles. The molecule has 0 saturated carbocycles. The van der Waals surface area contributed by atoms with Crippen molar-refractivity contribution in [1.82, 2.24) is 0 Å². The predicted octanol–water partition coefficient (Wildman–Crippen LogP) is 3.94. The zero-order valence-corrected chi connectivity index (χ0v) is 12.0. The van der Waals surface area contributed by atoms with Crippen molar-refractivity contribution in [3.63, 3.8) is 0 Å². The van der Waals surface area contributed by atoms with Crippen molar-refractivity contribution in [3.8, 4) is 11.5 Å². The molecule has 0 radical (unpaired) electrons. The number of hydrogen-bond acceptors (Lipinski definition) is 3. The van der Waals surface area contributed by atoms with E-state index < -0.39 is 0 Å². The van der Waals surface area contributed by atoms with E-state index in [-0.39, 0.29) is 0 Å². The van der Waals surface area contributed by atoms with Crippen molar-refractivity contribution in [2.45, 2.75) is 33.6 Å². The van der Waals surface area contributed by atoms with Crippen LogP contribution < -0.4 is 14.8 Å². The fourth-order valence-electron chi connectivity index (χ4n) is 1.94. The first-order valence-electron chi connectivity index (χ1n) is 6.75. The lowest BCUT2D eigenvalue weighted by Gasteiger charge is -2.15. The maximum Gasteiger partial charge on any atom is 0.163 e. The Morgan fingerprint density at radius 2 is 2.00 bits per heavy atom. The molecule has 1 unspecified atom stereocenters. The SMILES string of the molecule is CCCC(C)CNc1ccc(OC)c(OCC)c1. The van der Waals surface area contributed by atoms with Gasteiger partial charge in [-0.1, -0.05) is 20.3 Å². The van der Waals surface area contributed by atoms with Crippen molar-refractivity contribution in [1.29, 1.82) is 0 Å². The molecule has 1 aromatic rings. The van der Waals surface area contributed by atoms with Crippen molar-refractivity contribution < 1.29 is 9.47 Å². The molecule has 0 fully saturated rings. The lowest BCUT2D eigenvalue weighted by Crippen LogP contribution is -2.11. The highest BCUT2D eigenvalue weighted by Crippen LogP contribution is 2.30. The highest BCUT2D eigenvalue weighted by molar-refractivity contribution is 5.54. The third kappa shape index (κ3) is 4.47. The van der Waals surface area contributed by atoms with E-state index in [9.17, 15) is 0 Å². The van der Waals surface area contributed by atoms with Crippen molar-refractivity contribution in [2.75, 3.05) is 25.6 Å². The second kappa shape index (κ2) is 7.85. The zero-order chi connectivity index (χ0) is 13.4. The topological polar surface area (TPSA) is 30.5 Å². The third-order valence-electron chi connectivity index (χ3n) is 2.90. The van der Waals surface area contributed by atoms with E-state index in [1.165, 1.54) is 12.8 Å². The predicted molar refractivity (Wildman–Crippen MR) is 76.7 cm³/mol. The van der Waals surface area contributed by atoms with E-state index in [4.69, 9.17) is 9.47 Å². The normalized spacial score (nSPS) is 12.0. The molecule has 18 heavy (non-hydrogen) atoms. The minimum Gasteiger partial charge on any atom is -0.493 e. The van der Waals surface area contributed by atoms with E-state index in [1.807, 2.05) is 25.1 Å². The quantitative estimate of drug-likeness (QED) is 0.759. The number of hydrogen-bond donors (Lipinski definition) is 1. The second-order valence-corrected chi connectivity index (χ2v) is 4.57. The Labute approximate surface area is 110 Å². The largest absolute Gasteiger partial charge is 0.493 e. The van der Waals surface area contributed by atoms with Gasteiger partial charge in [0.1, 0.15) is 0 Å². The van der Waals surface area contributed by atoms with E-state index in [1.54, 1.807) is 7.11 Å². The molecule has 0 spiro atoms. The lowest BCUT2D eigenvalue weighted by molar-refractivity contribution is 0.311. The van der Waals surface area contributed by atoms with E-state index in [0.717, 1.165) is 23.7 Å². The van der Waals surface area contributed by atoms with Crippen LogP contribution in [0, 0.1) is 5.92 Å². The summed E-state index contributed by atoms with van der Waals surface area (Å²) in [6.07, 6.45) is 2.48. The average Bonchev–Trinajstić information content (AvgIpc) is 2.37. The molecule has 0 saturated heterocycles. The van der Waals surface area contributed by atoms with Gasteiger partial charge in [-0.2, -0.15) is 0 Å². The van der Waals surface area contributed by atoms with E-state index in [2.05, 4.69) is 19.2 Å². The summed E-state index contributed by atoms with van der Waals surface area (Å²) < 4.78 is 10.8. The zero-order valence-electron chi connectivity index (χ0n) is 12.0. The number of rotatable bonds is 8. The molecule has 102 valence electrons. The Morgan fingerprint density at radius 1 is 1.22 bits per heavy atom. The van der Waals surface area contributed by atoms with E-state index >= 15 is 0 Å². The van der Waals surface area contributed by atoms with Crippen LogP contribution >= 0.6 is 0 Å². The van der Waals surface area contributed by atoms with Gasteiger partial charge in [0.15, 0.2) is 11.5 Å². The summed E-state index contributed by atoms with van der Waals surface area (Å²) >= 11 is 0. The Bertz CT molecular complexity index is 352. The van der Waals surface area contributed by atoms with Gasteiger partial charge in [-0.15, -0.1) is 0 Å². The maximum atomic E-state index is 5.56. The molecule has 1 aromatic carbocycles. The molecule has 1 atom stereocenters. The minimum absolute atomic E-state index is 0.645. The monoisotopic (exact) mass is 251 g/mol. The molecule has 0 aliphatic rings. The summed E-state index contributed by atoms with van der Waals surface area (Å²) in [6, 6.07) is 5.97. The fourth-order valence-corrected chi connectivity index (χ4v) is 1.94. The first kappa shape index (κ1) is 14.7. The van der Waals surface area contributed by atoms with Gasteiger partial charge in [0.2, 0.25) is 0 Å². The number of benzene rings is 1. The van der Waals surface area contributed by atoms with Gasteiger partial charge in [-0.25, -0.2) is 0 Å². The van der Waals surface area contributed by atoms with Crippen LogP contribution in [0.4, 0.5) is 5.69 Å². The Hall–Kier alpha value is -1.38. The Morgan fingerprint density at radius 3 is 2.61 bits per heavy atom. The van der Waals surface area contributed by atoms with Crippen molar-refractivity contribution in [2.24, 2.45) is 5.92 Å². The summed E-state index contributed by atoms with van der Waals surface area (Å²) in [7, 11) is 1.66. The van der Waals surface area contributed by atoms with Crippen LogP contribution in [0.25, 0.3) is 0 Å². The van der Waals surface area contributed by atoms with Gasteiger partial charge in [0.25, 0.3) is 0 Å². The summed E-state index contributed by atoms with van der Waals surface area (Å²) in [5.74, 6) is 2.27. The number of ether oxygens (including phenoxy) is 2. The van der Waals surface area contributed by atoms with Crippen LogP contribution in [0.3, 0.4) is 0 Å². The summed E-state index contributed by atoms with van der Waals surface area (Å²) in [5, 5.41) is 3.44. The first-order chi connectivity index (χ1) is 8.71. The highest BCUT2D eigenvalue weighted by Gasteiger charge is 2.06. The van der Waals surface area contributed by atoms with Crippen molar-refractivity contribution in [3.05, 3.63) is 18.2 Å². The molecule has 1 rings (SSSR count). The molecule has 0 bridgehead atoms. The van der Waals surface area contributed by atoms with Gasteiger partial charge in [-0.3, -0.25) is 0 Å². The maximum absolute atomic E-state index is 5.56. The van der Waals surface area contributed by atoms with Gasteiger partial charge >= 0.3 is 0 Å². The van der Waals surface area contributed by atoms with Gasteiger partial charge in [0.05, 0.1) is 13.7 Å². The van der Waals surface area contributed by atoms with Gasteiger partial charge in [-0.05, 0) is 31.4 Å². The molecule has 3 nitrogen and oxygen atoms in total. The number of nitrogens with one attached hydrogen (secondary N) is 1. The van der Waals surface area contributed by atoms with Crippen LogP contribution in [0.5, 0.6) is 11.5 Å². The number of methoxy groups -OCH3 is 1. The summed E-state index contributed by atoms with van der Waals surface area (Å²) in [5.41, 5.74) is 1.09. The van der Waals surface area contributed by atoms with Gasteiger partial charge < -0.3 is 14.8 Å². The first-order valence-corrected chi connectivity index (χ1v) is 6.75. The van der Waals surface area contributed by atoms with Crippen LogP contribution in [0.15, 0.2) is 18.2 Å². The Kier molecular flexibility index (Phi) is 6.40. The third-order valence-corrected chi connectivity index (χ3v) is 2.90. The number of anilines is 1. The molecular weight excluding hydrogens is 226 g/mol. The van der Waals surface area contributed by atoms with Crippen LogP contribution in [0.1, 0.15) is 33.6 Å². The van der Waals surface area contributed by atoms with Crippen LogP contribution in [-0.2, 0) is 0 Å². The molecule has 0 aliphatic carbocycles. The summed E-state index contributed by atoms with van der Waals surface area (Å²) in [6.45, 7) is 8.10. The molecule has 0 amide bonds. The molecule has 3 heteroatoms. The standard InChI is InChI=1S/C15H25NO2/c1-5-7-12(3)11-16-13-8-9-14(17-4)15(10-13)18-6-2/h8-10,12,16H,5-7,11H2,1-4H3. The minimum atomic E-state index is 0.645. The smallest absolute Gasteiger partial charge is 0.163 e. The molecule has 0 aromatic heterocycles. The summed E-state index contributed by atoms with van der Waals surface area (Å²) in [4.78, 5) is 0. The fraction of sp³-hybridized carbons (Fsp3) is 0.600. The molecule has 1 N–H and O–H groups in total. The van der Waals surface area contributed by atoms with Gasteiger partial charge in [0, 0.05) is 18.3 Å². The van der Waals surface area contributed by atoms with Crippen molar-refractivity contribution >= 4 is 5.69 Å². The van der Waals surface area contributed by atoms with Crippen LogP contribution in [-0.4, -0.2) is 20.3 Å². The molecule has 0 heterocycles. The second-order valence-electron chi connectivity index (χ2n) is 4.57. The van der Waals surface area contributed by atoms with Crippen LogP contribution in [0.2, 0.25) is 0 Å². The van der Waals surface area contributed by atoms with E-state index in [0.29, 0.717) is 12.5 Å². The average molecular weight is 251 g/mol.